The molecule has 0 unspecified atom stereocenters. The summed E-state index contributed by atoms with van der Waals surface area (Å²) < 4.78 is 16.1. The Balaban J connectivity index is 2.17. The number of nitrogens with one attached hydrogen (secondary N) is 1. The van der Waals surface area contributed by atoms with E-state index in [4.69, 9.17) is 14.2 Å². The normalized spacial score (nSPS) is 11.8. The van der Waals surface area contributed by atoms with Crippen molar-refractivity contribution in [2.75, 3.05) is 21.3 Å². The van der Waals surface area contributed by atoms with Crippen LogP contribution in [-0.4, -0.2) is 27.2 Å². The van der Waals surface area contributed by atoms with Gasteiger partial charge in [0.25, 0.3) is 0 Å². The van der Waals surface area contributed by atoms with Crippen molar-refractivity contribution < 1.29 is 19.0 Å². The molecule has 2 aromatic rings. The van der Waals surface area contributed by atoms with Crippen LogP contribution in [0.5, 0.6) is 17.2 Å². The van der Waals surface area contributed by atoms with E-state index in [1.807, 2.05) is 43.3 Å². The Bertz CT molecular complexity index is 756. The predicted octanol–water partition coefficient (Wildman–Crippen LogP) is 3.99. The number of carbonyl (C=O) groups is 1. The lowest BCUT2D eigenvalue weighted by molar-refractivity contribution is -0.117. The summed E-state index contributed by atoms with van der Waals surface area (Å²) in [6.07, 6.45) is 4.01. The molecular formula is C21H25NO4. The van der Waals surface area contributed by atoms with Crippen LogP contribution < -0.4 is 19.5 Å². The summed E-state index contributed by atoms with van der Waals surface area (Å²) in [5.41, 5.74) is 1.81. The molecular weight excluding hydrogens is 330 g/mol. The molecule has 0 aliphatic heterocycles. The summed E-state index contributed by atoms with van der Waals surface area (Å²) in [4.78, 5) is 12.3. The fraction of sp³-hybridized carbons (Fsp3) is 0.286. The van der Waals surface area contributed by atoms with Gasteiger partial charge in [-0.1, -0.05) is 37.3 Å². The third kappa shape index (κ3) is 4.57. The first-order valence-electron chi connectivity index (χ1n) is 8.47. The zero-order chi connectivity index (χ0) is 18.9. The lowest BCUT2D eigenvalue weighted by Gasteiger charge is -2.16. The fourth-order valence-electron chi connectivity index (χ4n) is 2.75. The minimum atomic E-state index is -0.169. The van der Waals surface area contributed by atoms with Crippen molar-refractivity contribution in [1.82, 2.24) is 5.32 Å². The molecule has 26 heavy (non-hydrogen) atoms. The second-order valence-corrected chi connectivity index (χ2v) is 5.64. The Kier molecular flexibility index (Phi) is 7.09. The molecule has 138 valence electrons. The van der Waals surface area contributed by atoms with Crippen LogP contribution in [0.15, 0.2) is 48.5 Å². The third-order valence-electron chi connectivity index (χ3n) is 4.08. The van der Waals surface area contributed by atoms with Crippen LogP contribution in [0.2, 0.25) is 0 Å². The molecule has 1 atom stereocenters. The smallest absolute Gasteiger partial charge is 0.244 e. The predicted molar refractivity (Wildman–Crippen MR) is 103 cm³/mol. The van der Waals surface area contributed by atoms with Crippen molar-refractivity contribution >= 4 is 12.0 Å². The fourth-order valence-corrected chi connectivity index (χ4v) is 2.75. The third-order valence-corrected chi connectivity index (χ3v) is 4.08. The highest BCUT2D eigenvalue weighted by Gasteiger charge is 2.15. The van der Waals surface area contributed by atoms with Crippen LogP contribution in [0.4, 0.5) is 0 Å². The summed E-state index contributed by atoms with van der Waals surface area (Å²) in [5, 5.41) is 3.02. The van der Waals surface area contributed by atoms with E-state index < -0.39 is 0 Å². The molecule has 5 nitrogen and oxygen atoms in total. The van der Waals surface area contributed by atoms with Gasteiger partial charge < -0.3 is 19.5 Å². The summed E-state index contributed by atoms with van der Waals surface area (Å²) in [7, 11) is 4.66. The van der Waals surface area contributed by atoms with Crippen molar-refractivity contribution in [3.8, 4) is 17.2 Å². The highest BCUT2D eigenvalue weighted by Crippen LogP contribution is 2.40. The minimum absolute atomic E-state index is 0.0272. The number of hydrogen-bond acceptors (Lipinski definition) is 4. The molecule has 0 heterocycles. The van der Waals surface area contributed by atoms with Crippen molar-refractivity contribution in [1.29, 1.82) is 0 Å². The van der Waals surface area contributed by atoms with Gasteiger partial charge in [-0.05, 0) is 30.2 Å². The van der Waals surface area contributed by atoms with Gasteiger partial charge in [-0.2, -0.15) is 0 Å². The summed E-state index contributed by atoms with van der Waals surface area (Å²) in [5.74, 6) is 1.41. The molecule has 0 saturated heterocycles. The number of carbonyl (C=O) groups excluding carboxylic acids is 1. The first-order chi connectivity index (χ1) is 12.6. The first kappa shape index (κ1) is 19.4. The van der Waals surface area contributed by atoms with Crippen molar-refractivity contribution in [2.45, 2.75) is 19.4 Å². The Morgan fingerprint density at radius 3 is 2.27 bits per heavy atom. The molecule has 0 aliphatic rings. The van der Waals surface area contributed by atoms with Crippen LogP contribution in [0.1, 0.15) is 30.5 Å². The summed E-state index contributed by atoms with van der Waals surface area (Å²) in [6, 6.07) is 13.5. The van der Waals surface area contributed by atoms with Crippen molar-refractivity contribution in [3.63, 3.8) is 0 Å². The maximum Gasteiger partial charge on any atom is 0.244 e. The average Bonchev–Trinajstić information content (AvgIpc) is 2.70. The standard InChI is InChI=1S/C21H25NO4/c1-5-17(15-9-7-6-8-10-15)22-19(23)14-12-16-11-13-18(24-2)21(26-4)20(16)25-3/h6-14,17H,5H2,1-4H3,(H,22,23)/b14-12+/t17-/m1/s1. The second kappa shape index (κ2) is 9.51. The lowest BCUT2D eigenvalue weighted by atomic mass is 10.0. The van der Waals surface area contributed by atoms with Crippen molar-refractivity contribution in [3.05, 3.63) is 59.7 Å². The Morgan fingerprint density at radius 2 is 1.69 bits per heavy atom. The number of amides is 1. The highest BCUT2D eigenvalue weighted by molar-refractivity contribution is 5.92. The van der Waals surface area contributed by atoms with E-state index in [0.29, 0.717) is 17.2 Å². The zero-order valence-electron chi connectivity index (χ0n) is 15.6. The minimum Gasteiger partial charge on any atom is -0.493 e. The van der Waals surface area contributed by atoms with Crippen LogP contribution in [0.3, 0.4) is 0 Å². The molecule has 0 fully saturated rings. The van der Waals surface area contributed by atoms with Gasteiger partial charge in [0.2, 0.25) is 11.7 Å². The monoisotopic (exact) mass is 355 g/mol. The molecule has 0 aliphatic carbocycles. The van der Waals surface area contributed by atoms with E-state index in [1.54, 1.807) is 33.5 Å². The molecule has 1 amide bonds. The highest BCUT2D eigenvalue weighted by atomic mass is 16.5. The first-order valence-corrected chi connectivity index (χ1v) is 8.47. The largest absolute Gasteiger partial charge is 0.493 e. The number of benzene rings is 2. The van der Waals surface area contributed by atoms with E-state index in [9.17, 15) is 4.79 Å². The van der Waals surface area contributed by atoms with Gasteiger partial charge in [-0.3, -0.25) is 4.79 Å². The summed E-state index contributed by atoms with van der Waals surface area (Å²) in [6.45, 7) is 2.04. The van der Waals surface area contributed by atoms with E-state index in [0.717, 1.165) is 17.5 Å². The Hall–Kier alpha value is -2.95. The molecule has 2 aromatic carbocycles. The van der Waals surface area contributed by atoms with Crippen LogP contribution in [0.25, 0.3) is 6.08 Å². The van der Waals surface area contributed by atoms with E-state index in [2.05, 4.69) is 5.32 Å². The van der Waals surface area contributed by atoms with Gasteiger partial charge >= 0.3 is 0 Å². The Labute approximate surface area is 154 Å². The lowest BCUT2D eigenvalue weighted by Crippen LogP contribution is -2.26. The van der Waals surface area contributed by atoms with Gasteiger partial charge in [0, 0.05) is 11.6 Å². The van der Waals surface area contributed by atoms with E-state index in [-0.39, 0.29) is 11.9 Å². The molecule has 5 heteroatoms. The summed E-state index contributed by atoms with van der Waals surface area (Å²) >= 11 is 0. The molecule has 1 N–H and O–H groups in total. The quantitative estimate of drug-likeness (QED) is 0.728. The molecule has 0 bridgehead atoms. The Morgan fingerprint density at radius 1 is 1.00 bits per heavy atom. The number of hydrogen-bond donors (Lipinski definition) is 1. The molecule has 0 radical (unpaired) electrons. The van der Waals surface area contributed by atoms with Gasteiger partial charge in [-0.15, -0.1) is 0 Å². The average molecular weight is 355 g/mol. The molecule has 0 spiro atoms. The SMILES string of the molecule is CC[C@@H](NC(=O)/C=C/c1ccc(OC)c(OC)c1OC)c1ccccc1. The number of methoxy groups -OCH3 is 3. The van der Waals surface area contributed by atoms with Crippen LogP contribution >= 0.6 is 0 Å². The van der Waals surface area contributed by atoms with Gasteiger partial charge in [0.1, 0.15) is 0 Å². The van der Waals surface area contributed by atoms with E-state index >= 15 is 0 Å². The van der Waals surface area contributed by atoms with E-state index in [1.165, 1.54) is 6.08 Å². The van der Waals surface area contributed by atoms with Gasteiger partial charge in [0.15, 0.2) is 11.5 Å². The molecule has 0 saturated carbocycles. The molecule has 0 aromatic heterocycles. The molecule has 2 rings (SSSR count). The van der Waals surface area contributed by atoms with Crippen LogP contribution in [0, 0.1) is 0 Å². The number of ether oxygens (including phenoxy) is 3. The number of rotatable bonds is 8. The van der Waals surface area contributed by atoms with Crippen LogP contribution in [-0.2, 0) is 4.79 Å². The maximum absolute atomic E-state index is 12.3. The van der Waals surface area contributed by atoms with Crippen molar-refractivity contribution in [2.24, 2.45) is 0 Å². The zero-order valence-corrected chi connectivity index (χ0v) is 15.6. The van der Waals surface area contributed by atoms with Gasteiger partial charge in [0.05, 0.1) is 27.4 Å². The topological polar surface area (TPSA) is 56.8 Å². The van der Waals surface area contributed by atoms with Gasteiger partial charge in [-0.25, -0.2) is 0 Å². The maximum atomic E-state index is 12.3. The second-order valence-electron chi connectivity index (χ2n) is 5.64.